The van der Waals surface area contributed by atoms with Gasteiger partial charge >= 0.3 is 0 Å². The SMILES string of the molecule is CC(C)(CC1CCSCC1)ON. The monoisotopic (exact) mass is 189 g/mol. The largest absolute Gasteiger partial charge is 0.299 e. The first-order chi connectivity index (χ1) is 5.64. The van der Waals surface area contributed by atoms with E-state index in [9.17, 15) is 0 Å². The minimum absolute atomic E-state index is 0.132. The molecule has 0 radical (unpaired) electrons. The summed E-state index contributed by atoms with van der Waals surface area (Å²) in [6.45, 7) is 4.13. The third-order valence-electron chi connectivity index (χ3n) is 2.44. The molecule has 1 aliphatic rings. The van der Waals surface area contributed by atoms with Gasteiger partial charge in [-0.25, -0.2) is 5.90 Å². The van der Waals surface area contributed by atoms with E-state index in [0.717, 1.165) is 12.3 Å². The van der Waals surface area contributed by atoms with Crippen molar-refractivity contribution in [2.75, 3.05) is 11.5 Å². The van der Waals surface area contributed by atoms with E-state index in [1.165, 1.54) is 24.3 Å². The van der Waals surface area contributed by atoms with Crippen LogP contribution in [-0.2, 0) is 4.84 Å². The van der Waals surface area contributed by atoms with E-state index in [2.05, 4.69) is 25.6 Å². The fraction of sp³-hybridized carbons (Fsp3) is 1.00. The Labute approximate surface area is 79.2 Å². The fourth-order valence-electron chi connectivity index (χ4n) is 1.69. The molecule has 0 atom stereocenters. The molecule has 2 nitrogen and oxygen atoms in total. The van der Waals surface area contributed by atoms with Gasteiger partial charge in [-0.05, 0) is 50.5 Å². The topological polar surface area (TPSA) is 35.2 Å². The van der Waals surface area contributed by atoms with E-state index in [-0.39, 0.29) is 5.60 Å². The number of hydrogen-bond acceptors (Lipinski definition) is 3. The molecular weight excluding hydrogens is 170 g/mol. The van der Waals surface area contributed by atoms with Gasteiger partial charge in [-0.15, -0.1) is 0 Å². The molecule has 0 aliphatic carbocycles. The van der Waals surface area contributed by atoms with Gasteiger partial charge in [0.25, 0.3) is 0 Å². The molecule has 0 aromatic rings. The van der Waals surface area contributed by atoms with E-state index in [0.29, 0.717) is 0 Å². The lowest BCUT2D eigenvalue weighted by Crippen LogP contribution is -2.31. The second-order valence-electron chi connectivity index (χ2n) is 4.14. The van der Waals surface area contributed by atoms with Crippen LogP contribution in [0.15, 0.2) is 0 Å². The van der Waals surface area contributed by atoms with E-state index in [4.69, 9.17) is 10.7 Å². The summed E-state index contributed by atoms with van der Waals surface area (Å²) in [5, 5.41) is 0. The Kier molecular flexibility index (Phi) is 3.87. The Hall–Kier alpha value is 0.270. The first-order valence-corrected chi connectivity index (χ1v) is 5.75. The van der Waals surface area contributed by atoms with Crippen molar-refractivity contribution in [3.63, 3.8) is 0 Å². The molecule has 0 spiro atoms. The van der Waals surface area contributed by atoms with Crippen LogP contribution in [0.1, 0.15) is 33.1 Å². The molecule has 2 N–H and O–H groups in total. The van der Waals surface area contributed by atoms with Crippen LogP contribution < -0.4 is 5.90 Å². The molecular formula is C9H19NOS. The minimum Gasteiger partial charge on any atom is -0.299 e. The smallest absolute Gasteiger partial charge is 0.0840 e. The molecule has 1 aliphatic heterocycles. The Morgan fingerprint density at radius 1 is 1.42 bits per heavy atom. The molecule has 0 unspecified atom stereocenters. The Morgan fingerprint density at radius 3 is 2.50 bits per heavy atom. The molecule has 1 fully saturated rings. The summed E-state index contributed by atoms with van der Waals surface area (Å²) in [6.07, 6.45) is 3.76. The molecule has 72 valence electrons. The second kappa shape index (κ2) is 4.49. The molecule has 1 saturated heterocycles. The van der Waals surface area contributed by atoms with Crippen molar-refractivity contribution in [1.29, 1.82) is 0 Å². The van der Waals surface area contributed by atoms with Crippen LogP contribution in [0.4, 0.5) is 0 Å². The number of thioether (sulfide) groups is 1. The standard InChI is InChI=1S/C9H19NOS/c1-9(2,11-10)7-8-3-5-12-6-4-8/h8H,3-7,10H2,1-2H3. The van der Waals surface area contributed by atoms with E-state index in [1.807, 2.05) is 0 Å². The molecule has 1 rings (SSSR count). The average Bonchev–Trinajstić information content (AvgIpc) is 2.06. The summed E-state index contributed by atoms with van der Waals surface area (Å²) in [7, 11) is 0. The maximum atomic E-state index is 5.22. The van der Waals surface area contributed by atoms with Crippen LogP contribution in [0, 0.1) is 5.92 Å². The van der Waals surface area contributed by atoms with Crippen LogP contribution >= 0.6 is 11.8 Å². The van der Waals surface area contributed by atoms with Crippen LogP contribution in [0.2, 0.25) is 0 Å². The van der Waals surface area contributed by atoms with Gasteiger partial charge in [0.15, 0.2) is 0 Å². The van der Waals surface area contributed by atoms with Gasteiger partial charge in [0.05, 0.1) is 5.60 Å². The summed E-state index contributed by atoms with van der Waals surface area (Å²) in [5.41, 5.74) is -0.132. The van der Waals surface area contributed by atoms with Crippen molar-refractivity contribution < 1.29 is 4.84 Å². The molecule has 0 aromatic heterocycles. The van der Waals surface area contributed by atoms with Crippen molar-refractivity contribution in [3.8, 4) is 0 Å². The predicted octanol–water partition coefficient (Wildman–Crippen LogP) is 2.19. The first kappa shape index (κ1) is 10.4. The first-order valence-electron chi connectivity index (χ1n) is 4.60. The molecule has 3 heteroatoms. The van der Waals surface area contributed by atoms with Crippen LogP contribution in [0.25, 0.3) is 0 Å². The third-order valence-corrected chi connectivity index (χ3v) is 3.49. The summed E-state index contributed by atoms with van der Waals surface area (Å²) >= 11 is 2.06. The van der Waals surface area contributed by atoms with Crippen molar-refractivity contribution in [2.45, 2.75) is 38.7 Å². The highest BCUT2D eigenvalue weighted by molar-refractivity contribution is 7.99. The molecule has 0 aromatic carbocycles. The number of hydrogen-bond donors (Lipinski definition) is 1. The van der Waals surface area contributed by atoms with Crippen LogP contribution in [0.3, 0.4) is 0 Å². The third kappa shape index (κ3) is 3.33. The maximum Gasteiger partial charge on any atom is 0.0840 e. The summed E-state index contributed by atoms with van der Waals surface area (Å²) < 4.78 is 0. The van der Waals surface area contributed by atoms with Gasteiger partial charge in [0.2, 0.25) is 0 Å². The second-order valence-corrected chi connectivity index (χ2v) is 5.36. The normalized spacial score (nSPS) is 21.2. The zero-order chi connectivity index (χ0) is 9.03. The van der Waals surface area contributed by atoms with Crippen LogP contribution in [-0.4, -0.2) is 17.1 Å². The van der Waals surface area contributed by atoms with Crippen molar-refractivity contribution in [3.05, 3.63) is 0 Å². The molecule has 0 amide bonds. The summed E-state index contributed by atoms with van der Waals surface area (Å²) in [6, 6.07) is 0. The highest BCUT2D eigenvalue weighted by atomic mass is 32.2. The van der Waals surface area contributed by atoms with Crippen molar-refractivity contribution in [2.24, 2.45) is 11.8 Å². The molecule has 0 saturated carbocycles. The summed E-state index contributed by atoms with van der Waals surface area (Å²) in [4.78, 5) is 4.93. The maximum absolute atomic E-state index is 5.22. The van der Waals surface area contributed by atoms with E-state index in [1.54, 1.807) is 0 Å². The molecule has 0 bridgehead atoms. The van der Waals surface area contributed by atoms with Gasteiger partial charge < -0.3 is 0 Å². The highest BCUT2D eigenvalue weighted by Crippen LogP contribution is 2.30. The minimum atomic E-state index is -0.132. The Balaban J connectivity index is 2.28. The van der Waals surface area contributed by atoms with E-state index < -0.39 is 0 Å². The van der Waals surface area contributed by atoms with Crippen molar-refractivity contribution >= 4 is 11.8 Å². The number of nitrogens with two attached hydrogens (primary N) is 1. The lowest BCUT2D eigenvalue weighted by atomic mass is 9.89. The molecule has 1 heterocycles. The zero-order valence-electron chi connectivity index (χ0n) is 8.01. The van der Waals surface area contributed by atoms with Gasteiger partial charge in [-0.3, -0.25) is 4.84 Å². The van der Waals surface area contributed by atoms with Gasteiger partial charge in [-0.2, -0.15) is 11.8 Å². The zero-order valence-corrected chi connectivity index (χ0v) is 8.82. The fourth-order valence-corrected chi connectivity index (χ4v) is 2.90. The lowest BCUT2D eigenvalue weighted by Gasteiger charge is -2.29. The lowest BCUT2D eigenvalue weighted by molar-refractivity contribution is -0.0369. The Morgan fingerprint density at radius 2 is 2.00 bits per heavy atom. The average molecular weight is 189 g/mol. The van der Waals surface area contributed by atoms with Crippen LogP contribution in [0.5, 0.6) is 0 Å². The van der Waals surface area contributed by atoms with Gasteiger partial charge in [0, 0.05) is 0 Å². The number of rotatable bonds is 3. The highest BCUT2D eigenvalue weighted by Gasteiger charge is 2.24. The van der Waals surface area contributed by atoms with Gasteiger partial charge in [0.1, 0.15) is 0 Å². The Bertz CT molecular complexity index is 132. The predicted molar refractivity (Wildman–Crippen MR) is 54.0 cm³/mol. The van der Waals surface area contributed by atoms with Crippen molar-refractivity contribution in [1.82, 2.24) is 0 Å². The summed E-state index contributed by atoms with van der Waals surface area (Å²) in [5.74, 6) is 8.66. The molecule has 12 heavy (non-hydrogen) atoms. The quantitative estimate of drug-likeness (QED) is 0.691. The van der Waals surface area contributed by atoms with Gasteiger partial charge in [-0.1, -0.05) is 0 Å². The van der Waals surface area contributed by atoms with E-state index >= 15 is 0 Å².